The molecular formula is C7H13FN2. The van der Waals surface area contributed by atoms with Crippen LogP contribution >= 0.6 is 0 Å². The lowest BCUT2D eigenvalue weighted by molar-refractivity contribution is 0.387. The van der Waals surface area contributed by atoms with Gasteiger partial charge in [0.25, 0.3) is 0 Å². The Labute approximate surface area is 60.7 Å². The Morgan fingerprint density at radius 3 is 2.60 bits per heavy atom. The Hall–Kier alpha value is -0.730. The molecule has 0 spiro atoms. The summed E-state index contributed by atoms with van der Waals surface area (Å²) in [6, 6.07) is 0. The monoisotopic (exact) mass is 144 g/mol. The lowest BCUT2D eigenvalue weighted by Gasteiger charge is -2.23. The second kappa shape index (κ2) is 2.90. The molecule has 0 aromatic heterocycles. The molecule has 0 aromatic rings. The molecule has 0 aromatic carbocycles. The van der Waals surface area contributed by atoms with Gasteiger partial charge in [-0.15, -0.1) is 0 Å². The van der Waals surface area contributed by atoms with Crippen molar-refractivity contribution in [1.29, 1.82) is 0 Å². The van der Waals surface area contributed by atoms with E-state index in [1.54, 1.807) is 4.90 Å². The van der Waals surface area contributed by atoms with Gasteiger partial charge in [0.05, 0.1) is 0 Å². The third-order valence-electron chi connectivity index (χ3n) is 1.57. The van der Waals surface area contributed by atoms with Crippen molar-refractivity contribution in [3.63, 3.8) is 0 Å². The summed E-state index contributed by atoms with van der Waals surface area (Å²) in [5.41, 5.74) is 0. The smallest absolute Gasteiger partial charge is 0.140 e. The molecule has 58 valence electrons. The Morgan fingerprint density at radius 1 is 1.50 bits per heavy atom. The molecule has 0 aliphatic carbocycles. The van der Waals surface area contributed by atoms with E-state index in [0.717, 1.165) is 13.0 Å². The van der Waals surface area contributed by atoms with E-state index in [4.69, 9.17) is 0 Å². The Morgan fingerprint density at radius 2 is 2.20 bits per heavy atom. The summed E-state index contributed by atoms with van der Waals surface area (Å²) in [6.45, 7) is 0.890. The highest BCUT2D eigenvalue weighted by Gasteiger charge is 2.12. The molecule has 0 saturated heterocycles. The number of hydrogen-bond acceptors (Lipinski definition) is 2. The largest absolute Gasteiger partial charge is 0.370 e. The van der Waals surface area contributed by atoms with Crippen molar-refractivity contribution < 1.29 is 4.39 Å². The zero-order valence-corrected chi connectivity index (χ0v) is 6.45. The maximum absolute atomic E-state index is 12.9. The van der Waals surface area contributed by atoms with Gasteiger partial charge in [-0.05, 0) is 6.42 Å². The molecule has 0 atom stereocenters. The van der Waals surface area contributed by atoms with Crippen molar-refractivity contribution in [2.75, 3.05) is 20.6 Å². The first-order chi connectivity index (χ1) is 4.72. The number of hydrogen-bond donors (Lipinski definition) is 1. The minimum Gasteiger partial charge on any atom is -0.370 e. The van der Waals surface area contributed by atoms with E-state index in [0.29, 0.717) is 12.2 Å². The first-order valence-corrected chi connectivity index (χ1v) is 3.51. The normalized spacial score (nSPS) is 18.7. The molecule has 0 radical (unpaired) electrons. The van der Waals surface area contributed by atoms with E-state index in [1.807, 2.05) is 14.1 Å². The molecule has 0 saturated carbocycles. The fourth-order valence-corrected chi connectivity index (χ4v) is 1.07. The standard InChI is InChI=1S/C7H13FN2/c1-10(2)7-6(8)4-3-5-9-7/h9H,3-5H2,1-2H3. The predicted molar refractivity (Wildman–Crippen MR) is 39.1 cm³/mol. The quantitative estimate of drug-likeness (QED) is 0.592. The highest BCUT2D eigenvalue weighted by atomic mass is 19.1. The minimum absolute atomic E-state index is 0.0174. The molecule has 3 heteroatoms. The second-order valence-corrected chi connectivity index (χ2v) is 2.68. The fraction of sp³-hybridized carbons (Fsp3) is 0.714. The van der Waals surface area contributed by atoms with Crippen LogP contribution in [0.3, 0.4) is 0 Å². The number of halogens is 1. The molecule has 10 heavy (non-hydrogen) atoms. The van der Waals surface area contributed by atoms with Crippen LogP contribution in [0.5, 0.6) is 0 Å². The van der Waals surface area contributed by atoms with Gasteiger partial charge >= 0.3 is 0 Å². The molecule has 0 amide bonds. The van der Waals surface area contributed by atoms with Gasteiger partial charge in [-0.2, -0.15) is 0 Å². The first kappa shape index (κ1) is 7.38. The molecule has 1 N–H and O–H groups in total. The molecule has 1 heterocycles. The molecule has 0 unspecified atom stereocenters. The number of rotatable bonds is 1. The summed E-state index contributed by atoms with van der Waals surface area (Å²) in [5.74, 6) is 0.627. The van der Waals surface area contributed by atoms with Crippen molar-refractivity contribution in [3.05, 3.63) is 11.6 Å². The molecule has 1 rings (SSSR count). The van der Waals surface area contributed by atoms with Crippen LogP contribution in [0.4, 0.5) is 4.39 Å². The average molecular weight is 144 g/mol. The first-order valence-electron chi connectivity index (χ1n) is 3.51. The highest BCUT2D eigenvalue weighted by Crippen LogP contribution is 2.16. The Balaban J connectivity index is 2.68. The van der Waals surface area contributed by atoms with E-state index in [1.165, 1.54) is 0 Å². The van der Waals surface area contributed by atoms with Gasteiger partial charge in [0, 0.05) is 27.1 Å². The zero-order chi connectivity index (χ0) is 7.56. The highest BCUT2D eigenvalue weighted by molar-refractivity contribution is 5.06. The van der Waals surface area contributed by atoms with E-state index >= 15 is 0 Å². The van der Waals surface area contributed by atoms with Gasteiger partial charge in [0.15, 0.2) is 0 Å². The van der Waals surface area contributed by atoms with Crippen LogP contribution in [-0.4, -0.2) is 25.5 Å². The maximum Gasteiger partial charge on any atom is 0.140 e. The maximum atomic E-state index is 12.9. The number of allylic oxidation sites excluding steroid dienone is 1. The predicted octanol–water partition coefficient (Wildman–Crippen LogP) is 1.07. The molecule has 1 aliphatic rings. The SMILES string of the molecule is CN(C)C1=C(F)CCCN1. The minimum atomic E-state index is -0.0174. The van der Waals surface area contributed by atoms with E-state index in [9.17, 15) is 4.39 Å². The number of nitrogens with zero attached hydrogens (tertiary/aromatic N) is 1. The van der Waals surface area contributed by atoms with E-state index in [-0.39, 0.29) is 5.83 Å². The summed E-state index contributed by atoms with van der Waals surface area (Å²) >= 11 is 0. The second-order valence-electron chi connectivity index (χ2n) is 2.68. The van der Waals surface area contributed by atoms with Crippen LogP contribution in [-0.2, 0) is 0 Å². The van der Waals surface area contributed by atoms with Gasteiger partial charge in [0.2, 0.25) is 0 Å². The lowest BCUT2D eigenvalue weighted by Crippen LogP contribution is -2.30. The van der Waals surface area contributed by atoms with Crippen LogP contribution in [0.1, 0.15) is 12.8 Å². The third kappa shape index (κ3) is 1.40. The van der Waals surface area contributed by atoms with Crippen molar-refractivity contribution >= 4 is 0 Å². The molecule has 0 fully saturated rings. The van der Waals surface area contributed by atoms with Gasteiger partial charge in [-0.3, -0.25) is 0 Å². The molecule has 1 aliphatic heterocycles. The topological polar surface area (TPSA) is 15.3 Å². The average Bonchev–Trinajstić information content (AvgIpc) is 1.88. The Kier molecular flexibility index (Phi) is 2.14. The van der Waals surface area contributed by atoms with Crippen LogP contribution < -0.4 is 5.32 Å². The number of nitrogens with one attached hydrogen (secondary N) is 1. The molecule has 2 nitrogen and oxygen atoms in total. The molecule has 0 bridgehead atoms. The van der Waals surface area contributed by atoms with Crippen LogP contribution in [0.15, 0.2) is 11.6 Å². The van der Waals surface area contributed by atoms with E-state index < -0.39 is 0 Å². The molecular weight excluding hydrogens is 131 g/mol. The zero-order valence-electron chi connectivity index (χ0n) is 6.45. The summed E-state index contributed by atoms with van der Waals surface area (Å²) in [5, 5.41) is 3.00. The fourth-order valence-electron chi connectivity index (χ4n) is 1.07. The van der Waals surface area contributed by atoms with Crippen LogP contribution in [0.25, 0.3) is 0 Å². The van der Waals surface area contributed by atoms with E-state index in [2.05, 4.69) is 5.32 Å². The van der Waals surface area contributed by atoms with Crippen molar-refractivity contribution in [2.45, 2.75) is 12.8 Å². The lowest BCUT2D eigenvalue weighted by atomic mass is 10.2. The van der Waals surface area contributed by atoms with Gasteiger partial charge < -0.3 is 10.2 Å². The summed E-state index contributed by atoms with van der Waals surface area (Å²) in [6.07, 6.45) is 1.49. The Bertz CT molecular complexity index is 152. The van der Waals surface area contributed by atoms with Crippen LogP contribution in [0, 0.1) is 0 Å². The van der Waals surface area contributed by atoms with Crippen molar-refractivity contribution in [1.82, 2.24) is 10.2 Å². The van der Waals surface area contributed by atoms with Gasteiger partial charge in [-0.1, -0.05) is 0 Å². The third-order valence-corrected chi connectivity index (χ3v) is 1.57. The summed E-state index contributed by atoms with van der Waals surface area (Å²) in [7, 11) is 3.68. The van der Waals surface area contributed by atoms with Crippen molar-refractivity contribution in [2.24, 2.45) is 0 Å². The summed E-state index contributed by atoms with van der Waals surface area (Å²) < 4.78 is 12.9. The van der Waals surface area contributed by atoms with Crippen molar-refractivity contribution in [3.8, 4) is 0 Å². The van der Waals surface area contributed by atoms with Gasteiger partial charge in [0.1, 0.15) is 11.6 Å². The summed E-state index contributed by atoms with van der Waals surface area (Å²) in [4.78, 5) is 1.77. The van der Waals surface area contributed by atoms with Crippen LogP contribution in [0.2, 0.25) is 0 Å². The van der Waals surface area contributed by atoms with Gasteiger partial charge in [-0.25, -0.2) is 4.39 Å².